The molecule has 0 aromatic carbocycles. The second-order valence-corrected chi connectivity index (χ2v) is 19.1. The molecule has 14 atom stereocenters. The van der Waals surface area contributed by atoms with E-state index in [9.17, 15) is 10.2 Å². The molecule has 0 radical (unpaired) electrons. The molecule has 256 valence electrons. The highest BCUT2D eigenvalue weighted by Crippen LogP contribution is 2.89. The normalized spacial score (nSPS) is 54.9. The van der Waals surface area contributed by atoms with E-state index in [0.717, 1.165) is 45.8 Å². The summed E-state index contributed by atoms with van der Waals surface area (Å²) in [6, 6.07) is 0.529. The van der Waals surface area contributed by atoms with Gasteiger partial charge >= 0.3 is 0 Å². The van der Waals surface area contributed by atoms with E-state index in [2.05, 4.69) is 46.4 Å². The topological polar surface area (TPSA) is 80.6 Å². The third-order valence-electron chi connectivity index (χ3n) is 17.0. The number of aliphatic hydroxyl groups is 2. The Morgan fingerprint density at radius 1 is 0.978 bits per heavy atom. The van der Waals surface area contributed by atoms with Crippen molar-refractivity contribution in [1.29, 1.82) is 0 Å². The van der Waals surface area contributed by atoms with Crippen LogP contribution in [0.25, 0.3) is 0 Å². The molecule has 45 heavy (non-hydrogen) atoms. The first-order chi connectivity index (χ1) is 21.1. The van der Waals surface area contributed by atoms with Gasteiger partial charge in [0.2, 0.25) is 0 Å². The summed E-state index contributed by atoms with van der Waals surface area (Å²) < 4.78 is 25.5. The Kier molecular flexibility index (Phi) is 7.20. The number of hydrogen-bond acceptors (Lipinski definition) is 7. The minimum atomic E-state index is -0.798. The highest BCUT2D eigenvalue weighted by atomic mass is 16.7. The number of ether oxygens (including phenoxy) is 4. The minimum absolute atomic E-state index is 0.0152. The Balaban J connectivity index is 1.03. The summed E-state index contributed by atoms with van der Waals surface area (Å²) in [7, 11) is 0. The molecule has 5 saturated carbocycles. The molecule has 3 saturated heterocycles. The van der Waals surface area contributed by atoms with Gasteiger partial charge in [-0.25, -0.2) is 0 Å². The standard InChI is InChI=1S/C38H63NO6/c1-22-17-25(23(2)34(5,6)41)44-31-30(22)35(7)13-14-38-21-37(38)12-11-28(45-29-18-39(15-16-43-29)24-19-42-20-24)33(3,4)26(37)9-10-27(38)36(35,8)32(31)40/h22-32,40-41H,9-21H2,1-8H3/t22-,23+,25-,26+,27+,28+,29+,30+,31+,32+,35-,36-,37-,38?/m1/s1. The summed E-state index contributed by atoms with van der Waals surface area (Å²) in [5.41, 5.74) is -0.0696. The van der Waals surface area contributed by atoms with Crippen LogP contribution < -0.4 is 0 Å². The maximum Gasteiger partial charge on any atom is 0.170 e. The van der Waals surface area contributed by atoms with Gasteiger partial charge in [0.05, 0.1) is 62.4 Å². The molecular formula is C38H63NO6. The second kappa shape index (κ2) is 10.1. The summed E-state index contributed by atoms with van der Waals surface area (Å²) in [6.07, 6.45) is 9.09. The van der Waals surface area contributed by atoms with Gasteiger partial charge in [0, 0.05) is 17.9 Å². The van der Waals surface area contributed by atoms with Crippen LogP contribution in [0.1, 0.15) is 107 Å². The first kappa shape index (κ1) is 32.0. The van der Waals surface area contributed by atoms with E-state index in [1.165, 1.54) is 38.5 Å². The quantitative estimate of drug-likeness (QED) is 0.407. The monoisotopic (exact) mass is 629 g/mol. The number of nitrogens with zero attached hydrogens (tertiary/aromatic N) is 1. The van der Waals surface area contributed by atoms with Gasteiger partial charge in [0.25, 0.3) is 0 Å². The van der Waals surface area contributed by atoms with Crippen molar-refractivity contribution in [3.05, 3.63) is 0 Å². The van der Waals surface area contributed by atoms with Crippen molar-refractivity contribution in [3.63, 3.8) is 0 Å². The average Bonchev–Trinajstić information content (AvgIpc) is 3.57. The zero-order chi connectivity index (χ0) is 31.9. The van der Waals surface area contributed by atoms with Gasteiger partial charge in [-0.1, -0.05) is 41.5 Å². The molecule has 2 spiro atoms. The van der Waals surface area contributed by atoms with Gasteiger partial charge in [-0.2, -0.15) is 0 Å². The number of hydrogen-bond donors (Lipinski definition) is 2. The first-order valence-electron chi connectivity index (χ1n) is 18.7. The van der Waals surface area contributed by atoms with Crippen LogP contribution in [-0.4, -0.2) is 90.4 Å². The van der Waals surface area contributed by atoms with Crippen molar-refractivity contribution in [1.82, 2.24) is 4.90 Å². The van der Waals surface area contributed by atoms with Crippen LogP contribution in [0.2, 0.25) is 0 Å². The Morgan fingerprint density at radius 2 is 1.69 bits per heavy atom. The third-order valence-corrected chi connectivity index (χ3v) is 17.0. The smallest absolute Gasteiger partial charge is 0.170 e. The van der Waals surface area contributed by atoms with Crippen LogP contribution in [0, 0.1) is 56.7 Å². The first-order valence-corrected chi connectivity index (χ1v) is 18.7. The van der Waals surface area contributed by atoms with E-state index in [4.69, 9.17) is 18.9 Å². The molecule has 8 rings (SSSR count). The lowest BCUT2D eigenvalue weighted by molar-refractivity contribution is -0.256. The van der Waals surface area contributed by atoms with Crippen molar-refractivity contribution in [2.75, 3.05) is 32.9 Å². The fourth-order valence-electron chi connectivity index (χ4n) is 14.0. The molecule has 5 aliphatic carbocycles. The van der Waals surface area contributed by atoms with E-state index in [0.29, 0.717) is 40.5 Å². The lowest BCUT2D eigenvalue weighted by Gasteiger charge is -2.64. The minimum Gasteiger partial charge on any atom is -0.390 e. The van der Waals surface area contributed by atoms with Gasteiger partial charge in [-0.3, -0.25) is 4.90 Å². The third kappa shape index (κ3) is 4.13. The van der Waals surface area contributed by atoms with E-state index >= 15 is 0 Å². The molecule has 1 unspecified atom stereocenters. The van der Waals surface area contributed by atoms with Gasteiger partial charge in [0.15, 0.2) is 6.29 Å². The lowest BCUT2D eigenvalue weighted by Crippen LogP contribution is -2.60. The zero-order valence-corrected chi connectivity index (χ0v) is 29.5. The highest BCUT2D eigenvalue weighted by molar-refractivity contribution is 5.33. The number of fused-ring (bicyclic) bond motifs is 4. The molecular weight excluding hydrogens is 566 g/mol. The van der Waals surface area contributed by atoms with Crippen molar-refractivity contribution in [2.24, 2.45) is 56.7 Å². The molecule has 7 nitrogen and oxygen atoms in total. The van der Waals surface area contributed by atoms with E-state index in [-0.39, 0.29) is 46.8 Å². The maximum absolute atomic E-state index is 12.5. The Morgan fingerprint density at radius 3 is 2.38 bits per heavy atom. The Labute approximate surface area is 272 Å². The molecule has 0 aromatic rings. The lowest BCUT2D eigenvalue weighted by atomic mass is 9.41. The molecule has 2 N–H and O–H groups in total. The fourth-order valence-corrected chi connectivity index (χ4v) is 14.0. The van der Waals surface area contributed by atoms with Crippen molar-refractivity contribution < 1.29 is 29.2 Å². The number of rotatable bonds is 5. The molecule has 3 aliphatic heterocycles. The highest BCUT2D eigenvalue weighted by Gasteiger charge is 2.84. The van der Waals surface area contributed by atoms with Gasteiger partial charge < -0.3 is 29.2 Å². The summed E-state index contributed by atoms with van der Waals surface area (Å²) in [4.78, 5) is 2.51. The SMILES string of the molecule is C[C@@H]1C[C@H]([C@H](C)C(C)(C)O)O[C@H]2[C@H]1[C@@]1(C)CCC34C[C@@]35CC[C@H](O[C@H]3CN(C6COC6)CCO3)C(C)(C)[C@@H]5CC[C@H]4[C@]1(C)[C@H]2O. The number of aliphatic hydroxyl groups excluding tert-OH is 1. The largest absolute Gasteiger partial charge is 0.390 e. The van der Waals surface area contributed by atoms with Crippen LogP contribution in [-0.2, 0) is 18.9 Å². The van der Waals surface area contributed by atoms with Crippen LogP contribution in [0.15, 0.2) is 0 Å². The van der Waals surface area contributed by atoms with Crippen LogP contribution in [0.4, 0.5) is 0 Å². The molecule has 8 fully saturated rings. The summed E-state index contributed by atoms with van der Waals surface area (Å²) in [6.45, 7) is 22.6. The van der Waals surface area contributed by atoms with E-state index in [1.807, 2.05) is 13.8 Å². The maximum atomic E-state index is 12.5. The predicted octanol–water partition coefficient (Wildman–Crippen LogP) is 5.65. The summed E-state index contributed by atoms with van der Waals surface area (Å²) in [5.74, 6) is 2.06. The fraction of sp³-hybridized carbons (Fsp3) is 1.00. The number of morpholine rings is 1. The van der Waals surface area contributed by atoms with Crippen LogP contribution in [0.3, 0.4) is 0 Å². The summed E-state index contributed by atoms with van der Waals surface area (Å²) in [5, 5.41) is 23.4. The molecule has 0 aromatic heterocycles. The second-order valence-electron chi connectivity index (χ2n) is 19.1. The Hall–Kier alpha value is -0.280. The molecule has 8 aliphatic rings. The van der Waals surface area contributed by atoms with Crippen LogP contribution in [0.5, 0.6) is 0 Å². The molecule has 3 heterocycles. The predicted molar refractivity (Wildman–Crippen MR) is 172 cm³/mol. The molecule has 0 amide bonds. The molecule has 0 bridgehead atoms. The van der Waals surface area contributed by atoms with Gasteiger partial charge in [-0.05, 0) is 111 Å². The van der Waals surface area contributed by atoms with Crippen molar-refractivity contribution in [2.45, 2.75) is 149 Å². The van der Waals surface area contributed by atoms with E-state index in [1.54, 1.807) is 0 Å². The average molecular weight is 630 g/mol. The van der Waals surface area contributed by atoms with Crippen molar-refractivity contribution >= 4 is 0 Å². The molecule has 7 heteroatoms. The summed E-state index contributed by atoms with van der Waals surface area (Å²) >= 11 is 0. The van der Waals surface area contributed by atoms with Gasteiger partial charge in [0.1, 0.15) is 0 Å². The van der Waals surface area contributed by atoms with Gasteiger partial charge in [-0.15, -0.1) is 0 Å². The van der Waals surface area contributed by atoms with E-state index < -0.39 is 11.7 Å². The van der Waals surface area contributed by atoms with Crippen LogP contribution >= 0.6 is 0 Å². The van der Waals surface area contributed by atoms with Crippen molar-refractivity contribution in [3.8, 4) is 0 Å². The zero-order valence-electron chi connectivity index (χ0n) is 29.5. The Bertz CT molecular complexity index is 1170.